The van der Waals surface area contributed by atoms with E-state index in [-0.39, 0.29) is 17.5 Å². The van der Waals surface area contributed by atoms with Gasteiger partial charge in [0.05, 0.1) is 23.7 Å². The predicted molar refractivity (Wildman–Crippen MR) is 75.1 cm³/mol. The van der Waals surface area contributed by atoms with E-state index in [0.29, 0.717) is 5.92 Å². The van der Waals surface area contributed by atoms with Gasteiger partial charge in [0, 0.05) is 12.2 Å². The number of rotatable bonds is 1. The zero-order valence-corrected chi connectivity index (χ0v) is 11.8. The van der Waals surface area contributed by atoms with Crippen LogP contribution < -0.4 is 4.90 Å². The van der Waals surface area contributed by atoms with Crippen LogP contribution in [0.2, 0.25) is 0 Å². The lowest BCUT2D eigenvalue weighted by Gasteiger charge is -2.39. The van der Waals surface area contributed by atoms with Crippen LogP contribution in [0.1, 0.15) is 12.5 Å². The maximum atomic E-state index is 11.7. The summed E-state index contributed by atoms with van der Waals surface area (Å²) in [6, 6.07) is 7.80. The molecule has 0 spiro atoms. The fourth-order valence-electron chi connectivity index (χ4n) is 3.26. The van der Waals surface area contributed by atoms with Crippen molar-refractivity contribution in [1.29, 1.82) is 0 Å². The number of fused-ring (bicyclic) bond motifs is 1. The third-order valence-electron chi connectivity index (χ3n) is 4.07. The molecule has 19 heavy (non-hydrogen) atoms. The number of nitrogens with zero attached hydrogens (tertiary/aromatic N) is 1. The normalized spacial score (nSPS) is 33.2. The van der Waals surface area contributed by atoms with Gasteiger partial charge in [-0.3, -0.25) is 0 Å². The highest BCUT2D eigenvalue weighted by Crippen LogP contribution is 2.33. The van der Waals surface area contributed by atoms with Crippen LogP contribution in [0.15, 0.2) is 24.3 Å². The van der Waals surface area contributed by atoms with Crippen LogP contribution in [0.3, 0.4) is 0 Å². The first-order valence-corrected chi connectivity index (χ1v) is 8.51. The fourth-order valence-corrected chi connectivity index (χ4v) is 5.06. The Kier molecular flexibility index (Phi) is 3.06. The first kappa shape index (κ1) is 12.9. The topological polar surface area (TPSA) is 57.6 Å². The fraction of sp³-hybridized carbons (Fsp3) is 0.571. The second-order valence-corrected chi connectivity index (χ2v) is 7.96. The molecule has 1 saturated heterocycles. The zero-order chi connectivity index (χ0) is 13.6. The predicted octanol–water partition coefficient (Wildman–Crippen LogP) is 0.843. The molecule has 0 radical (unpaired) electrons. The Hall–Kier alpha value is -1.07. The van der Waals surface area contributed by atoms with E-state index in [1.165, 1.54) is 5.56 Å². The van der Waals surface area contributed by atoms with Crippen LogP contribution in [0.4, 0.5) is 5.69 Å². The van der Waals surface area contributed by atoms with E-state index in [4.69, 9.17) is 0 Å². The van der Waals surface area contributed by atoms with Crippen LogP contribution in [-0.4, -0.2) is 43.7 Å². The van der Waals surface area contributed by atoms with Crippen molar-refractivity contribution < 1.29 is 13.5 Å². The number of aliphatic hydroxyl groups is 1. The second kappa shape index (κ2) is 4.49. The van der Waals surface area contributed by atoms with Gasteiger partial charge in [-0.2, -0.15) is 0 Å². The Balaban J connectivity index is 1.97. The van der Waals surface area contributed by atoms with Crippen LogP contribution in [-0.2, 0) is 16.3 Å². The van der Waals surface area contributed by atoms with E-state index in [0.717, 1.165) is 18.7 Å². The van der Waals surface area contributed by atoms with Crippen molar-refractivity contribution in [2.24, 2.45) is 5.92 Å². The summed E-state index contributed by atoms with van der Waals surface area (Å²) in [4.78, 5) is 2.10. The van der Waals surface area contributed by atoms with Gasteiger partial charge in [0.25, 0.3) is 0 Å². The summed E-state index contributed by atoms with van der Waals surface area (Å²) in [6.07, 6.45) is 0.241. The van der Waals surface area contributed by atoms with Crippen molar-refractivity contribution in [1.82, 2.24) is 0 Å². The van der Waals surface area contributed by atoms with E-state index in [1.54, 1.807) is 0 Å². The maximum absolute atomic E-state index is 11.7. The Bertz CT molecular complexity index is 584. The summed E-state index contributed by atoms with van der Waals surface area (Å²) >= 11 is 0. The summed E-state index contributed by atoms with van der Waals surface area (Å²) in [5.74, 6) is 0.435. The zero-order valence-electron chi connectivity index (χ0n) is 11.0. The Morgan fingerprint density at radius 1 is 1.26 bits per heavy atom. The van der Waals surface area contributed by atoms with Gasteiger partial charge in [0.2, 0.25) is 0 Å². The third-order valence-corrected chi connectivity index (χ3v) is 5.77. The molecule has 0 aromatic heterocycles. The molecule has 0 saturated carbocycles. The molecule has 0 bridgehead atoms. The maximum Gasteiger partial charge on any atom is 0.155 e. The SMILES string of the molecule is CC1Cc2ccccc2N(C2CS(=O)(=O)CC2O)C1. The molecule has 1 fully saturated rings. The van der Waals surface area contributed by atoms with Crippen LogP contribution in [0.5, 0.6) is 0 Å². The summed E-state index contributed by atoms with van der Waals surface area (Å²) in [7, 11) is -3.11. The molecule has 2 heterocycles. The number of hydrogen-bond acceptors (Lipinski definition) is 4. The van der Waals surface area contributed by atoms with Crippen molar-refractivity contribution in [3.05, 3.63) is 29.8 Å². The lowest BCUT2D eigenvalue weighted by Crippen LogP contribution is -2.47. The third kappa shape index (κ3) is 2.37. The summed E-state index contributed by atoms with van der Waals surface area (Å²) in [6.45, 7) is 2.98. The number of benzene rings is 1. The molecule has 3 rings (SSSR count). The molecule has 2 aliphatic rings. The lowest BCUT2D eigenvalue weighted by molar-refractivity contribution is 0.175. The molecule has 1 N–H and O–H groups in total. The number of aliphatic hydroxyl groups excluding tert-OH is 1. The monoisotopic (exact) mass is 281 g/mol. The molecule has 104 valence electrons. The van der Waals surface area contributed by atoms with E-state index in [2.05, 4.69) is 17.9 Å². The van der Waals surface area contributed by atoms with E-state index < -0.39 is 15.9 Å². The average Bonchev–Trinajstić information content (AvgIpc) is 2.61. The first-order valence-electron chi connectivity index (χ1n) is 6.69. The molecule has 2 aliphatic heterocycles. The highest BCUT2D eigenvalue weighted by atomic mass is 32.2. The minimum absolute atomic E-state index is 0.0647. The number of para-hydroxylation sites is 1. The van der Waals surface area contributed by atoms with Gasteiger partial charge in [-0.1, -0.05) is 25.1 Å². The van der Waals surface area contributed by atoms with Crippen LogP contribution in [0, 0.1) is 5.92 Å². The highest BCUT2D eigenvalue weighted by Gasteiger charge is 2.41. The molecule has 0 aliphatic carbocycles. The van der Waals surface area contributed by atoms with Crippen LogP contribution >= 0.6 is 0 Å². The van der Waals surface area contributed by atoms with E-state index >= 15 is 0 Å². The molecule has 1 aromatic rings. The van der Waals surface area contributed by atoms with Crippen molar-refractivity contribution in [3.8, 4) is 0 Å². The summed E-state index contributed by atoms with van der Waals surface area (Å²) in [5.41, 5.74) is 2.33. The van der Waals surface area contributed by atoms with Crippen molar-refractivity contribution in [3.63, 3.8) is 0 Å². The lowest BCUT2D eigenvalue weighted by atomic mass is 9.92. The molecule has 5 heteroatoms. The quantitative estimate of drug-likeness (QED) is 0.829. The van der Waals surface area contributed by atoms with E-state index in [1.807, 2.05) is 18.2 Å². The number of sulfone groups is 1. The number of anilines is 1. The highest BCUT2D eigenvalue weighted by molar-refractivity contribution is 7.91. The summed E-state index contributed by atoms with van der Waals surface area (Å²) < 4.78 is 23.4. The largest absolute Gasteiger partial charge is 0.390 e. The van der Waals surface area contributed by atoms with Gasteiger partial charge in [-0.15, -0.1) is 0 Å². The van der Waals surface area contributed by atoms with Gasteiger partial charge in [-0.05, 0) is 24.0 Å². The first-order chi connectivity index (χ1) is 8.96. The molecule has 1 aromatic carbocycles. The van der Waals surface area contributed by atoms with Gasteiger partial charge >= 0.3 is 0 Å². The second-order valence-electron chi connectivity index (χ2n) is 5.80. The van der Waals surface area contributed by atoms with Crippen molar-refractivity contribution in [2.75, 3.05) is 23.0 Å². The van der Waals surface area contributed by atoms with Gasteiger partial charge in [0.1, 0.15) is 0 Å². The summed E-state index contributed by atoms with van der Waals surface area (Å²) in [5, 5.41) is 10.1. The van der Waals surface area contributed by atoms with Crippen LogP contribution in [0.25, 0.3) is 0 Å². The number of hydrogen-bond donors (Lipinski definition) is 1. The molecule has 3 unspecified atom stereocenters. The van der Waals surface area contributed by atoms with Gasteiger partial charge in [-0.25, -0.2) is 8.42 Å². The molecular weight excluding hydrogens is 262 g/mol. The minimum Gasteiger partial charge on any atom is -0.390 e. The Morgan fingerprint density at radius 2 is 2.00 bits per heavy atom. The van der Waals surface area contributed by atoms with Crippen molar-refractivity contribution in [2.45, 2.75) is 25.5 Å². The standard InChI is InChI=1S/C14H19NO3S/c1-10-6-11-4-2-3-5-12(11)15(7-10)13-8-19(17,18)9-14(13)16/h2-5,10,13-14,16H,6-9H2,1H3. The van der Waals surface area contributed by atoms with Crippen molar-refractivity contribution >= 4 is 15.5 Å². The minimum atomic E-state index is -3.11. The van der Waals surface area contributed by atoms with Gasteiger partial charge < -0.3 is 10.0 Å². The molecule has 3 atom stereocenters. The van der Waals surface area contributed by atoms with Gasteiger partial charge in [0.15, 0.2) is 9.84 Å². The molecule has 4 nitrogen and oxygen atoms in total. The smallest absolute Gasteiger partial charge is 0.155 e. The molecular formula is C14H19NO3S. The Labute approximate surface area is 114 Å². The average molecular weight is 281 g/mol. The van der Waals surface area contributed by atoms with E-state index in [9.17, 15) is 13.5 Å². The Morgan fingerprint density at radius 3 is 2.68 bits per heavy atom. The molecule has 0 amide bonds.